The van der Waals surface area contributed by atoms with Crippen LogP contribution >= 0.6 is 0 Å². The second kappa shape index (κ2) is 8.02. The molecule has 0 spiro atoms. The van der Waals surface area contributed by atoms with Gasteiger partial charge in [-0.2, -0.15) is 0 Å². The Morgan fingerprint density at radius 2 is 1.50 bits per heavy atom. The van der Waals surface area contributed by atoms with Crippen LogP contribution in [-0.4, -0.2) is 25.1 Å². The molecule has 1 amide bonds. The zero-order valence-electron chi connectivity index (χ0n) is 14.5. The van der Waals surface area contributed by atoms with Crippen LogP contribution in [0, 0.1) is 0 Å². The molecule has 0 unspecified atom stereocenters. The van der Waals surface area contributed by atoms with Crippen molar-refractivity contribution in [2.45, 2.75) is 0 Å². The molecule has 0 aliphatic heterocycles. The van der Waals surface area contributed by atoms with Crippen LogP contribution in [0.25, 0.3) is 0 Å². The second-order valence-corrected chi connectivity index (χ2v) is 5.44. The lowest BCUT2D eigenvalue weighted by Gasteiger charge is -2.12. The molecule has 6 nitrogen and oxygen atoms in total. The molecule has 2 aromatic carbocycles. The van der Waals surface area contributed by atoms with Crippen molar-refractivity contribution in [3.63, 3.8) is 0 Å². The molecule has 0 saturated heterocycles. The highest BCUT2D eigenvalue weighted by Gasteiger charge is 2.11. The average Bonchev–Trinajstić information content (AvgIpc) is 2.69. The third-order valence-corrected chi connectivity index (χ3v) is 3.74. The van der Waals surface area contributed by atoms with E-state index in [4.69, 9.17) is 9.47 Å². The summed E-state index contributed by atoms with van der Waals surface area (Å²) < 4.78 is 10.6. The van der Waals surface area contributed by atoms with Gasteiger partial charge in [-0.05, 0) is 30.3 Å². The number of aromatic nitrogens is 1. The molecule has 0 radical (unpaired) electrons. The van der Waals surface area contributed by atoms with E-state index in [1.807, 2.05) is 36.4 Å². The second-order valence-electron chi connectivity index (χ2n) is 5.44. The molecule has 26 heavy (non-hydrogen) atoms. The fraction of sp³-hybridized carbons (Fsp3) is 0.100. The van der Waals surface area contributed by atoms with E-state index in [0.29, 0.717) is 28.4 Å². The Kier molecular flexibility index (Phi) is 5.34. The maximum Gasteiger partial charge on any atom is 0.257 e. The molecule has 0 fully saturated rings. The summed E-state index contributed by atoms with van der Waals surface area (Å²) in [7, 11) is 3.17. The van der Waals surface area contributed by atoms with E-state index in [9.17, 15) is 4.79 Å². The molecule has 1 heterocycles. The Balaban J connectivity index is 1.79. The van der Waals surface area contributed by atoms with E-state index < -0.39 is 0 Å². The summed E-state index contributed by atoms with van der Waals surface area (Å²) in [4.78, 5) is 16.7. The first-order valence-corrected chi connectivity index (χ1v) is 8.00. The fourth-order valence-electron chi connectivity index (χ4n) is 2.48. The van der Waals surface area contributed by atoms with Gasteiger partial charge >= 0.3 is 0 Å². The number of hydrogen-bond acceptors (Lipinski definition) is 5. The lowest BCUT2D eigenvalue weighted by molar-refractivity contribution is 0.102. The van der Waals surface area contributed by atoms with E-state index in [0.717, 1.165) is 5.69 Å². The molecule has 0 aliphatic carbocycles. The first kappa shape index (κ1) is 17.3. The Bertz CT molecular complexity index is 912. The van der Waals surface area contributed by atoms with Gasteiger partial charge in [0.2, 0.25) is 0 Å². The van der Waals surface area contributed by atoms with Crippen molar-refractivity contribution in [3.8, 4) is 11.5 Å². The third-order valence-electron chi connectivity index (χ3n) is 3.74. The average molecular weight is 349 g/mol. The molecule has 3 rings (SSSR count). The van der Waals surface area contributed by atoms with Crippen molar-refractivity contribution in [1.29, 1.82) is 0 Å². The molecule has 0 bridgehead atoms. The van der Waals surface area contributed by atoms with E-state index in [2.05, 4.69) is 15.6 Å². The van der Waals surface area contributed by atoms with Gasteiger partial charge in [0.15, 0.2) is 0 Å². The molecule has 2 N–H and O–H groups in total. The van der Waals surface area contributed by atoms with Gasteiger partial charge in [-0.3, -0.25) is 9.78 Å². The Morgan fingerprint density at radius 1 is 0.885 bits per heavy atom. The number of nitrogens with one attached hydrogen (secondary N) is 2. The molecular formula is C20H19N3O3. The normalized spacial score (nSPS) is 10.1. The number of methoxy groups -OCH3 is 2. The predicted molar refractivity (Wildman–Crippen MR) is 101 cm³/mol. The Hall–Kier alpha value is -3.54. The van der Waals surface area contributed by atoms with Gasteiger partial charge in [0.1, 0.15) is 11.5 Å². The van der Waals surface area contributed by atoms with Crippen LogP contribution in [0.4, 0.5) is 17.1 Å². The molecule has 1 aromatic heterocycles. The summed E-state index contributed by atoms with van der Waals surface area (Å²) in [6.45, 7) is 0. The van der Waals surface area contributed by atoms with Crippen LogP contribution in [0.15, 0.2) is 67.0 Å². The van der Waals surface area contributed by atoms with E-state index in [1.165, 1.54) is 6.20 Å². The number of benzene rings is 2. The summed E-state index contributed by atoms with van der Waals surface area (Å²) in [5.74, 6) is 1.03. The molecule has 6 heteroatoms. The summed E-state index contributed by atoms with van der Waals surface area (Å²) in [6.07, 6.45) is 3.16. The summed E-state index contributed by atoms with van der Waals surface area (Å²) in [6, 6.07) is 16.5. The minimum Gasteiger partial charge on any atom is -0.495 e. The SMILES string of the molecule is COc1ccccc1NC(=O)c1cncc(Nc2ccccc2OC)c1. The molecule has 0 saturated carbocycles. The summed E-state index contributed by atoms with van der Waals surface area (Å²) in [5.41, 5.74) is 2.50. The highest BCUT2D eigenvalue weighted by atomic mass is 16.5. The zero-order chi connectivity index (χ0) is 18.4. The molecular weight excluding hydrogens is 330 g/mol. The van der Waals surface area contributed by atoms with Gasteiger partial charge in [0.05, 0.1) is 43.0 Å². The van der Waals surface area contributed by atoms with Crippen LogP contribution in [0.1, 0.15) is 10.4 Å². The lowest BCUT2D eigenvalue weighted by atomic mass is 10.2. The first-order chi connectivity index (χ1) is 12.7. The number of para-hydroxylation sites is 4. The van der Waals surface area contributed by atoms with E-state index in [1.54, 1.807) is 38.6 Å². The topological polar surface area (TPSA) is 72.5 Å². The maximum absolute atomic E-state index is 12.6. The molecule has 132 valence electrons. The van der Waals surface area contributed by atoms with Gasteiger partial charge in [0, 0.05) is 6.20 Å². The van der Waals surface area contributed by atoms with Crippen molar-refractivity contribution in [2.75, 3.05) is 24.9 Å². The van der Waals surface area contributed by atoms with Gasteiger partial charge in [-0.25, -0.2) is 0 Å². The number of nitrogens with zero attached hydrogens (tertiary/aromatic N) is 1. The smallest absolute Gasteiger partial charge is 0.257 e. The predicted octanol–water partition coefficient (Wildman–Crippen LogP) is 4.09. The monoisotopic (exact) mass is 349 g/mol. The third kappa shape index (κ3) is 3.92. The zero-order valence-corrected chi connectivity index (χ0v) is 14.5. The van der Waals surface area contributed by atoms with Crippen molar-refractivity contribution in [3.05, 3.63) is 72.6 Å². The van der Waals surface area contributed by atoms with Gasteiger partial charge in [0.25, 0.3) is 5.91 Å². The van der Waals surface area contributed by atoms with Crippen LogP contribution in [-0.2, 0) is 0 Å². The van der Waals surface area contributed by atoms with Crippen LogP contribution in [0.2, 0.25) is 0 Å². The number of carbonyl (C=O) groups is 1. The van der Waals surface area contributed by atoms with Crippen LogP contribution in [0.5, 0.6) is 11.5 Å². The number of ether oxygens (including phenoxy) is 2. The van der Waals surface area contributed by atoms with Crippen LogP contribution < -0.4 is 20.1 Å². The Morgan fingerprint density at radius 3 is 2.19 bits per heavy atom. The van der Waals surface area contributed by atoms with Gasteiger partial charge < -0.3 is 20.1 Å². The van der Waals surface area contributed by atoms with E-state index >= 15 is 0 Å². The minimum atomic E-state index is -0.273. The number of amides is 1. The van der Waals surface area contributed by atoms with E-state index in [-0.39, 0.29) is 5.91 Å². The molecule has 0 atom stereocenters. The number of rotatable bonds is 6. The van der Waals surface area contributed by atoms with Crippen molar-refractivity contribution >= 4 is 23.0 Å². The maximum atomic E-state index is 12.6. The highest BCUT2D eigenvalue weighted by Crippen LogP contribution is 2.27. The van der Waals surface area contributed by atoms with Crippen LogP contribution in [0.3, 0.4) is 0 Å². The van der Waals surface area contributed by atoms with Gasteiger partial charge in [-0.1, -0.05) is 24.3 Å². The minimum absolute atomic E-state index is 0.273. The highest BCUT2D eigenvalue weighted by molar-refractivity contribution is 6.05. The number of anilines is 3. The lowest BCUT2D eigenvalue weighted by Crippen LogP contribution is -2.13. The number of hydrogen-bond donors (Lipinski definition) is 2. The standard InChI is InChI=1S/C20H19N3O3/c1-25-18-9-5-3-7-16(18)22-15-11-14(12-21-13-15)20(24)23-17-8-4-6-10-19(17)26-2/h3-13,22H,1-2H3,(H,23,24). The largest absolute Gasteiger partial charge is 0.495 e. The van der Waals surface area contributed by atoms with Crippen molar-refractivity contribution in [1.82, 2.24) is 4.98 Å². The molecule has 3 aromatic rings. The van der Waals surface area contributed by atoms with Crippen molar-refractivity contribution in [2.24, 2.45) is 0 Å². The van der Waals surface area contributed by atoms with Crippen molar-refractivity contribution < 1.29 is 14.3 Å². The first-order valence-electron chi connectivity index (χ1n) is 8.00. The number of carbonyl (C=O) groups excluding carboxylic acids is 1. The summed E-state index contributed by atoms with van der Waals surface area (Å²) in [5, 5.41) is 6.05. The van der Waals surface area contributed by atoms with Gasteiger partial charge in [-0.15, -0.1) is 0 Å². The quantitative estimate of drug-likeness (QED) is 0.701. The number of pyridine rings is 1. The fourth-order valence-corrected chi connectivity index (χ4v) is 2.48. The Labute approximate surface area is 151 Å². The molecule has 0 aliphatic rings. The summed E-state index contributed by atoms with van der Waals surface area (Å²) >= 11 is 0.